The van der Waals surface area contributed by atoms with Gasteiger partial charge in [0.2, 0.25) is 5.91 Å². The minimum absolute atomic E-state index is 0.122. The molecule has 0 aromatic carbocycles. The molecule has 0 aromatic heterocycles. The number of likely N-dealkylation sites (tertiary alicyclic amines) is 2. The highest BCUT2D eigenvalue weighted by Crippen LogP contribution is 2.38. The van der Waals surface area contributed by atoms with Gasteiger partial charge in [0.05, 0.1) is 5.54 Å². The van der Waals surface area contributed by atoms with Gasteiger partial charge in [-0.1, -0.05) is 6.08 Å². The average molecular weight is 262 g/mol. The largest absolute Gasteiger partial charge is 0.332 e. The first-order valence-corrected chi connectivity index (χ1v) is 7.87. The lowest BCUT2D eigenvalue weighted by molar-refractivity contribution is -0.144. The van der Waals surface area contributed by atoms with E-state index in [0.717, 1.165) is 31.8 Å². The molecule has 1 saturated carbocycles. The summed E-state index contributed by atoms with van der Waals surface area (Å²) in [6, 6.07) is 0. The Kier molecular flexibility index (Phi) is 3.66. The number of carbonyl (C=O) groups excluding carboxylic acids is 1. The SMILES string of the molecule is C=CCN1C(=O)CCC[C@]12CCCN(CC1CC1)C2. The van der Waals surface area contributed by atoms with Crippen LogP contribution in [0.1, 0.15) is 44.9 Å². The molecule has 0 radical (unpaired) electrons. The third-order valence-corrected chi connectivity index (χ3v) is 5.07. The van der Waals surface area contributed by atoms with Gasteiger partial charge in [-0.2, -0.15) is 0 Å². The summed E-state index contributed by atoms with van der Waals surface area (Å²) in [4.78, 5) is 17.0. The smallest absolute Gasteiger partial charge is 0.223 e. The second kappa shape index (κ2) is 5.28. The molecule has 2 heterocycles. The van der Waals surface area contributed by atoms with E-state index in [-0.39, 0.29) is 5.54 Å². The van der Waals surface area contributed by atoms with Crippen LogP contribution >= 0.6 is 0 Å². The minimum atomic E-state index is 0.122. The molecule has 2 saturated heterocycles. The van der Waals surface area contributed by atoms with Crippen LogP contribution in [0, 0.1) is 5.92 Å². The number of carbonyl (C=O) groups is 1. The van der Waals surface area contributed by atoms with Gasteiger partial charge in [-0.25, -0.2) is 0 Å². The van der Waals surface area contributed by atoms with E-state index in [1.807, 2.05) is 6.08 Å². The summed E-state index contributed by atoms with van der Waals surface area (Å²) in [6.45, 7) is 8.16. The van der Waals surface area contributed by atoms with Crippen molar-refractivity contribution in [1.29, 1.82) is 0 Å². The Bertz CT molecular complexity index is 360. The summed E-state index contributed by atoms with van der Waals surface area (Å²) in [7, 11) is 0. The molecule has 106 valence electrons. The third-order valence-electron chi connectivity index (χ3n) is 5.07. The quantitative estimate of drug-likeness (QED) is 0.727. The fourth-order valence-electron chi connectivity index (χ4n) is 3.98. The zero-order chi connectivity index (χ0) is 13.3. The summed E-state index contributed by atoms with van der Waals surface area (Å²) in [5.74, 6) is 1.29. The molecule has 3 fully saturated rings. The van der Waals surface area contributed by atoms with E-state index in [0.29, 0.717) is 5.91 Å². The maximum Gasteiger partial charge on any atom is 0.223 e. The molecule has 3 heteroatoms. The maximum atomic E-state index is 12.3. The van der Waals surface area contributed by atoms with Gasteiger partial charge in [0.25, 0.3) is 0 Å². The lowest BCUT2D eigenvalue weighted by Crippen LogP contribution is -2.62. The summed E-state index contributed by atoms with van der Waals surface area (Å²) >= 11 is 0. The van der Waals surface area contributed by atoms with E-state index in [1.54, 1.807) is 0 Å². The van der Waals surface area contributed by atoms with Gasteiger partial charge in [0, 0.05) is 26.1 Å². The van der Waals surface area contributed by atoms with Gasteiger partial charge in [-0.05, 0) is 51.0 Å². The molecule has 0 aromatic rings. The van der Waals surface area contributed by atoms with Crippen molar-refractivity contribution >= 4 is 5.91 Å². The van der Waals surface area contributed by atoms with Crippen LogP contribution in [0.2, 0.25) is 0 Å². The zero-order valence-electron chi connectivity index (χ0n) is 11.9. The highest BCUT2D eigenvalue weighted by molar-refractivity contribution is 5.78. The van der Waals surface area contributed by atoms with Gasteiger partial charge >= 0.3 is 0 Å². The van der Waals surface area contributed by atoms with E-state index in [4.69, 9.17) is 0 Å². The Morgan fingerprint density at radius 2 is 2.11 bits per heavy atom. The van der Waals surface area contributed by atoms with E-state index in [9.17, 15) is 4.79 Å². The number of nitrogens with zero attached hydrogens (tertiary/aromatic N) is 2. The molecule has 0 bridgehead atoms. The van der Waals surface area contributed by atoms with E-state index in [2.05, 4.69) is 16.4 Å². The first kappa shape index (κ1) is 13.2. The predicted molar refractivity (Wildman–Crippen MR) is 76.9 cm³/mol. The molecular formula is C16H26N2O. The molecule has 1 spiro atoms. The van der Waals surface area contributed by atoms with Crippen molar-refractivity contribution in [3.05, 3.63) is 12.7 Å². The molecule has 1 atom stereocenters. The Morgan fingerprint density at radius 1 is 1.32 bits per heavy atom. The number of hydrogen-bond acceptors (Lipinski definition) is 2. The highest BCUT2D eigenvalue weighted by Gasteiger charge is 2.45. The minimum Gasteiger partial charge on any atom is -0.332 e. The first-order chi connectivity index (χ1) is 9.23. The van der Waals surface area contributed by atoms with Crippen molar-refractivity contribution in [2.24, 2.45) is 5.92 Å². The van der Waals surface area contributed by atoms with Gasteiger partial charge in [0.1, 0.15) is 0 Å². The third kappa shape index (κ3) is 2.71. The molecule has 3 nitrogen and oxygen atoms in total. The van der Waals surface area contributed by atoms with Gasteiger partial charge in [0.15, 0.2) is 0 Å². The zero-order valence-corrected chi connectivity index (χ0v) is 11.9. The van der Waals surface area contributed by atoms with Crippen LogP contribution in [0.5, 0.6) is 0 Å². The summed E-state index contributed by atoms with van der Waals surface area (Å²) in [6.07, 6.45) is 10.2. The van der Waals surface area contributed by atoms with E-state index < -0.39 is 0 Å². The number of piperidine rings is 2. The predicted octanol–water partition coefficient (Wildman–Crippen LogP) is 2.43. The molecule has 0 N–H and O–H groups in total. The van der Waals surface area contributed by atoms with Crippen molar-refractivity contribution in [3.63, 3.8) is 0 Å². The van der Waals surface area contributed by atoms with Crippen molar-refractivity contribution < 1.29 is 4.79 Å². The fraction of sp³-hybridized carbons (Fsp3) is 0.812. The van der Waals surface area contributed by atoms with Crippen LogP contribution in [-0.4, -0.2) is 47.4 Å². The van der Waals surface area contributed by atoms with Crippen molar-refractivity contribution in [3.8, 4) is 0 Å². The number of rotatable bonds is 4. The lowest BCUT2D eigenvalue weighted by Gasteiger charge is -2.52. The second-order valence-electron chi connectivity index (χ2n) is 6.65. The van der Waals surface area contributed by atoms with Crippen LogP contribution in [0.4, 0.5) is 0 Å². The highest BCUT2D eigenvalue weighted by atomic mass is 16.2. The monoisotopic (exact) mass is 262 g/mol. The van der Waals surface area contributed by atoms with E-state index >= 15 is 0 Å². The molecular weight excluding hydrogens is 236 g/mol. The first-order valence-electron chi connectivity index (χ1n) is 7.87. The molecule has 1 amide bonds. The topological polar surface area (TPSA) is 23.6 Å². The Morgan fingerprint density at radius 3 is 2.84 bits per heavy atom. The van der Waals surface area contributed by atoms with Crippen LogP contribution < -0.4 is 0 Å². The Balaban J connectivity index is 1.73. The Hall–Kier alpha value is -0.830. The van der Waals surface area contributed by atoms with Crippen molar-refractivity contribution in [2.75, 3.05) is 26.2 Å². The Labute approximate surface area is 116 Å². The van der Waals surface area contributed by atoms with Crippen LogP contribution in [0.25, 0.3) is 0 Å². The normalized spacial score (nSPS) is 32.8. The molecule has 2 aliphatic heterocycles. The average Bonchev–Trinajstić information content (AvgIpc) is 3.19. The number of amides is 1. The van der Waals surface area contributed by atoms with Crippen LogP contribution in [0.3, 0.4) is 0 Å². The van der Waals surface area contributed by atoms with E-state index in [1.165, 1.54) is 45.2 Å². The van der Waals surface area contributed by atoms with Gasteiger partial charge in [-0.15, -0.1) is 6.58 Å². The van der Waals surface area contributed by atoms with Gasteiger partial charge < -0.3 is 9.80 Å². The molecule has 0 unspecified atom stereocenters. The number of hydrogen-bond donors (Lipinski definition) is 0. The summed E-state index contributed by atoms with van der Waals surface area (Å²) < 4.78 is 0. The molecule has 19 heavy (non-hydrogen) atoms. The maximum absolute atomic E-state index is 12.3. The standard InChI is InChI=1S/C16H26N2O/c1-2-10-18-15(19)5-3-8-16(18)9-4-11-17(13-16)12-14-6-7-14/h2,14H,1,3-13H2/t16-/m1/s1. The van der Waals surface area contributed by atoms with Crippen molar-refractivity contribution in [1.82, 2.24) is 9.80 Å². The van der Waals surface area contributed by atoms with Crippen LogP contribution in [-0.2, 0) is 4.79 Å². The van der Waals surface area contributed by atoms with Crippen molar-refractivity contribution in [2.45, 2.75) is 50.5 Å². The molecule has 3 rings (SSSR count). The second-order valence-corrected chi connectivity index (χ2v) is 6.65. The van der Waals surface area contributed by atoms with Gasteiger partial charge in [-0.3, -0.25) is 4.79 Å². The summed E-state index contributed by atoms with van der Waals surface area (Å²) in [5, 5.41) is 0. The summed E-state index contributed by atoms with van der Waals surface area (Å²) in [5.41, 5.74) is 0.122. The molecule has 3 aliphatic rings. The lowest BCUT2D eigenvalue weighted by atomic mass is 9.79. The fourth-order valence-corrected chi connectivity index (χ4v) is 3.98. The van der Waals surface area contributed by atoms with Crippen LogP contribution in [0.15, 0.2) is 12.7 Å². The molecule has 1 aliphatic carbocycles.